The third kappa shape index (κ3) is 6.66. The molecule has 0 unspecified atom stereocenters. The quantitative estimate of drug-likeness (QED) is 0.439. The fraction of sp³-hybridized carbons (Fsp3) is 0.500. The van der Waals surface area contributed by atoms with Crippen LogP contribution in [-0.4, -0.2) is 30.8 Å². The van der Waals surface area contributed by atoms with E-state index < -0.39 is 5.97 Å². The monoisotopic (exact) mass is 160 g/mol. The van der Waals surface area contributed by atoms with E-state index in [9.17, 15) is 4.79 Å². The SMILES string of the molecule is C=C(NCC(=O)O)OCCN. The summed E-state index contributed by atoms with van der Waals surface area (Å²) in [4.78, 5) is 9.99. The maximum absolute atomic E-state index is 9.99. The Hall–Kier alpha value is -1.23. The van der Waals surface area contributed by atoms with Gasteiger partial charge in [-0.25, -0.2) is 0 Å². The van der Waals surface area contributed by atoms with E-state index in [2.05, 4.69) is 11.9 Å². The van der Waals surface area contributed by atoms with Crippen LogP contribution in [0.25, 0.3) is 0 Å². The molecule has 0 bridgehead atoms. The van der Waals surface area contributed by atoms with Crippen molar-refractivity contribution in [3.05, 3.63) is 12.5 Å². The molecule has 0 saturated heterocycles. The van der Waals surface area contributed by atoms with Crippen molar-refractivity contribution in [3.63, 3.8) is 0 Å². The molecule has 0 aliphatic carbocycles. The summed E-state index contributed by atoms with van der Waals surface area (Å²) in [5, 5.41) is 10.6. The smallest absolute Gasteiger partial charge is 0.322 e. The van der Waals surface area contributed by atoms with Crippen LogP contribution in [0.5, 0.6) is 0 Å². The first-order valence-electron chi connectivity index (χ1n) is 3.14. The van der Waals surface area contributed by atoms with Gasteiger partial charge in [0.05, 0.1) is 0 Å². The van der Waals surface area contributed by atoms with E-state index in [4.69, 9.17) is 15.6 Å². The van der Waals surface area contributed by atoms with Crippen molar-refractivity contribution in [1.29, 1.82) is 0 Å². The Labute approximate surface area is 64.8 Å². The van der Waals surface area contributed by atoms with E-state index in [1.807, 2.05) is 0 Å². The zero-order valence-corrected chi connectivity index (χ0v) is 6.17. The molecule has 0 aliphatic rings. The van der Waals surface area contributed by atoms with E-state index in [1.54, 1.807) is 0 Å². The molecule has 0 rings (SSSR count). The Morgan fingerprint density at radius 3 is 2.82 bits per heavy atom. The second-order valence-electron chi connectivity index (χ2n) is 1.81. The normalized spacial score (nSPS) is 8.82. The maximum Gasteiger partial charge on any atom is 0.322 e. The summed E-state index contributed by atoms with van der Waals surface area (Å²) in [6.07, 6.45) is 0. The van der Waals surface area contributed by atoms with Crippen LogP contribution in [0.3, 0.4) is 0 Å². The summed E-state index contributed by atoms with van der Waals surface area (Å²) in [6.45, 7) is 3.94. The van der Waals surface area contributed by atoms with Crippen molar-refractivity contribution < 1.29 is 14.6 Å². The first-order chi connectivity index (χ1) is 5.16. The van der Waals surface area contributed by atoms with Gasteiger partial charge in [-0.05, 0) is 6.58 Å². The standard InChI is InChI=1S/C6H12N2O3/c1-5(11-3-2-7)8-4-6(9)10/h8H,1-4,7H2,(H,9,10). The maximum atomic E-state index is 9.99. The zero-order chi connectivity index (χ0) is 8.69. The molecule has 0 radical (unpaired) electrons. The van der Waals surface area contributed by atoms with Crippen molar-refractivity contribution in [2.45, 2.75) is 0 Å². The van der Waals surface area contributed by atoms with Gasteiger partial charge in [0.15, 0.2) is 5.88 Å². The first kappa shape index (κ1) is 9.77. The van der Waals surface area contributed by atoms with Gasteiger partial charge in [-0.2, -0.15) is 0 Å². The average Bonchev–Trinajstić information content (AvgIpc) is 1.97. The lowest BCUT2D eigenvalue weighted by Crippen LogP contribution is -2.24. The Morgan fingerprint density at radius 1 is 1.73 bits per heavy atom. The highest BCUT2D eigenvalue weighted by atomic mass is 16.5. The van der Waals surface area contributed by atoms with Gasteiger partial charge in [0.1, 0.15) is 13.2 Å². The van der Waals surface area contributed by atoms with Gasteiger partial charge in [-0.15, -0.1) is 0 Å². The van der Waals surface area contributed by atoms with Gasteiger partial charge >= 0.3 is 5.97 Å². The van der Waals surface area contributed by atoms with E-state index in [-0.39, 0.29) is 12.4 Å². The third-order valence-corrected chi connectivity index (χ3v) is 0.831. The minimum atomic E-state index is -0.956. The molecule has 0 amide bonds. The number of hydrogen-bond acceptors (Lipinski definition) is 4. The van der Waals surface area contributed by atoms with Crippen LogP contribution < -0.4 is 11.1 Å². The Kier molecular flexibility index (Phi) is 4.93. The molecular formula is C6H12N2O3. The fourth-order valence-electron chi connectivity index (χ4n) is 0.407. The number of aliphatic carboxylic acids is 1. The number of carbonyl (C=O) groups is 1. The molecule has 0 heterocycles. The van der Waals surface area contributed by atoms with Gasteiger partial charge in [-0.1, -0.05) is 0 Å². The second-order valence-corrected chi connectivity index (χ2v) is 1.81. The van der Waals surface area contributed by atoms with Gasteiger partial charge in [-0.3, -0.25) is 4.79 Å². The van der Waals surface area contributed by atoms with Crippen LogP contribution in [0, 0.1) is 0 Å². The van der Waals surface area contributed by atoms with Crippen LogP contribution in [-0.2, 0) is 9.53 Å². The fourth-order valence-corrected chi connectivity index (χ4v) is 0.407. The summed E-state index contributed by atoms with van der Waals surface area (Å²) < 4.78 is 4.85. The van der Waals surface area contributed by atoms with E-state index in [0.717, 1.165) is 0 Å². The Bertz CT molecular complexity index is 147. The Balaban J connectivity index is 3.30. The molecule has 64 valence electrons. The lowest BCUT2D eigenvalue weighted by Gasteiger charge is -2.07. The van der Waals surface area contributed by atoms with Gasteiger partial charge in [0.25, 0.3) is 0 Å². The third-order valence-electron chi connectivity index (χ3n) is 0.831. The summed E-state index contributed by atoms with van der Waals surface area (Å²) in [5.41, 5.74) is 5.12. The molecule has 0 aromatic carbocycles. The van der Waals surface area contributed by atoms with Crippen molar-refractivity contribution >= 4 is 5.97 Å². The van der Waals surface area contributed by atoms with Crippen LogP contribution in [0.15, 0.2) is 12.5 Å². The largest absolute Gasteiger partial charge is 0.480 e. The van der Waals surface area contributed by atoms with Crippen molar-refractivity contribution in [2.24, 2.45) is 5.73 Å². The molecule has 0 spiro atoms. The van der Waals surface area contributed by atoms with E-state index in [0.29, 0.717) is 13.2 Å². The summed E-state index contributed by atoms with van der Waals surface area (Å²) >= 11 is 0. The van der Waals surface area contributed by atoms with Crippen molar-refractivity contribution in [2.75, 3.05) is 19.7 Å². The van der Waals surface area contributed by atoms with E-state index in [1.165, 1.54) is 0 Å². The van der Waals surface area contributed by atoms with Crippen LogP contribution in [0.2, 0.25) is 0 Å². The van der Waals surface area contributed by atoms with Crippen LogP contribution >= 0.6 is 0 Å². The van der Waals surface area contributed by atoms with Crippen LogP contribution in [0.1, 0.15) is 0 Å². The summed E-state index contributed by atoms with van der Waals surface area (Å²) in [6, 6.07) is 0. The van der Waals surface area contributed by atoms with Crippen LogP contribution in [0.4, 0.5) is 0 Å². The second kappa shape index (κ2) is 5.55. The molecule has 5 heteroatoms. The molecule has 4 N–H and O–H groups in total. The number of nitrogens with one attached hydrogen (secondary N) is 1. The molecule has 0 saturated carbocycles. The number of carboxylic acid groups (broad SMARTS) is 1. The number of carboxylic acids is 1. The number of ether oxygens (including phenoxy) is 1. The molecule has 0 aliphatic heterocycles. The highest BCUT2D eigenvalue weighted by Crippen LogP contribution is 1.84. The summed E-state index contributed by atoms with van der Waals surface area (Å²) in [5.74, 6) is -0.722. The van der Waals surface area contributed by atoms with Gasteiger partial charge in [0, 0.05) is 6.54 Å². The highest BCUT2D eigenvalue weighted by Gasteiger charge is 1.96. The van der Waals surface area contributed by atoms with Gasteiger partial charge in [0.2, 0.25) is 0 Å². The molecule has 0 aromatic heterocycles. The number of hydrogen-bond donors (Lipinski definition) is 3. The summed E-state index contributed by atoms with van der Waals surface area (Å²) in [7, 11) is 0. The topological polar surface area (TPSA) is 84.6 Å². The molecule has 11 heavy (non-hydrogen) atoms. The minimum Gasteiger partial charge on any atom is -0.480 e. The molecule has 0 atom stereocenters. The Morgan fingerprint density at radius 2 is 2.36 bits per heavy atom. The molecule has 0 aromatic rings. The predicted octanol–water partition coefficient (Wildman–Crippen LogP) is -0.893. The molecule has 0 fully saturated rings. The first-order valence-corrected chi connectivity index (χ1v) is 3.14. The number of nitrogens with two attached hydrogens (primary N) is 1. The lowest BCUT2D eigenvalue weighted by molar-refractivity contribution is -0.136. The predicted molar refractivity (Wildman–Crippen MR) is 39.8 cm³/mol. The van der Waals surface area contributed by atoms with Crippen molar-refractivity contribution in [1.82, 2.24) is 5.32 Å². The molecule has 5 nitrogen and oxygen atoms in total. The van der Waals surface area contributed by atoms with Crippen molar-refractivity contribution in [3.8, 4) is 0 Å². The zero-order valence-electron chi connectivity index (χ0n) is 6.17. The highest BCUT2D eigenvalue weighted by molar-refractivity contribution is 5.69. The minimum absolute atomic E-state index is 0.191. The number of rotatable bonds is 6. The van der Waals surface area contributed by atoms with Gasteiger partial charge < -0.3 is 20.9 Å². The average molecular weight is 160 g/mol. The van der Waals surface area contributed by atoms with E-state index >= 15 is 0 Å². The molecular weight excluding hydrogens is 148 g/mol. The lowest BCUT2D eigenvalue weighted by atomic mass is 10.6.